The number of methoxy groups -OCH3 is 1. The van der Waals surface area contributed by atoms with E-state index in [1.165, 1.54) is 0 Å². The van der Waals surface area contributed by atoms with Crippen LogP contribution in [0, 0.1) is 5.92 Å². The Hall–Kier alpha value is -1.14. The van der Waals surface area contributed by atoms with Crippen molar-refractivity contribution in [2.24, 2.45) is 5.92 Å². The number of carboxylic acid groups (broad SMARTS) is 1. The molecule has 0 aromatic rings. The van der Waals surface area contributed by atoms with Gasteiger partial charge in [-0.2, -0.15) is 0 Å². The summed E-state index contributed by atoms with van der Waals surface area (Å²) in [4.78, 5) is 24.3. The third-order valence-corrected chi connectivity index (χ3v) is 3.23. The van der Waals surface area contributed by atoms with E-state index in [1.54, 1.807) is 14.0 Å². The minimum Gasteiger partial charge on any atom is -0.481 e. The predicted octanol–water partition coefficient (Wildman–Crippen LogP) is 0.962. The number of nitrogens with one attached hydrogen (secondary N) is 1. The number of unbranched alkanes of at least 4 members (excludes halogenated alkanes) is 1. The molecule has 0 saturated heterocycles. The number of nitrogens with zero attached hydrogens (tertiary/aromatic N) is 1. The van der Waals surface area contributed by atoms with E-state index in [0.717, 1.165) is 25.9 Å². The molecule has 0 aromatic carbocycles. The summed E-state index contributed by atoms with van der Waals surface area (Å²) in [6.07, 6.45) is 2.28. The van der Waals surface area contributed by atoms with E-state index in [4.69, 9.17) is 9.84 Å². The highest BCUT2D eigenvalue weighted by molar-refractivity contribution is 5.77. The van der Waals surface area contributed by atoms with Crippen molar-refractivity contribution in [3.8, 4) is 0 Å². The maximum atomic E-state index is 11.7. The molecule has 1 amide bonds. The monoisotopic (exact) mass is 288 g/mol. The molecular formula is C14H28N2O4. The van der Waals surface area contributed by atoms with E-state index in [2.05, 4.69) is 5.32 Å². The lowest BCUT2D eigenvalue weighted by molar-refractivity contribution is -0.141. The number of likely N-dealkylation sites (N-methyl/N-ethyl adjacent to an activating group) is 1. The van der Waals surface area contributed by atoms with Crippen LogP contribution >= 0.6 is 0 Å². The molecule has 0 aliphatic carbocycles. The van der Waals surface area contributed by atoms with Crippen LogP contribution in [0.1, 0.15) is 33.1 Å². The fourth-order valence-electron chi connectivity index (χ4n) is 1.76. The first kappa shape index (κ1) is 18.9. The van der Waals surface area contributed by atoms with Gasteiger partial charge in [0.1, 0.15) is 0 Å². The van der Waals surface area contributed by atoms with E-state index in [-0.39, 0.29) is 11.8 Å². The molecule has 0 aliphatic heterocycles. The highest BCUT2D eigenvalue weighted by atomic mass is 16.5. The van der Waals surface area contributed by atoms with Crippen molar-refractivity contribution in [1.82, 2.24) is 10.2 Å². The molecule has 0 heterocycles. The lowest BCUT2D eigenvalue weighted by atomic mass is 10.0. The number of hydrogen-bond donors (Lipinski definition) is 2. The van der Waals surface area contributed by atoms with E-state index in [1.807, 2.05) is 11.8 Å². The van der Waals surface area contributed by atoms with Gasteiger partial charge in [-0.3, -0.25) is 14.5 Å². The van der Waals surface area contributed by atoms with Gasteiger partial charge in [-0.25, -0.2) is 0 Å². The van der Waals surface area contributed by atoms with Crippen LogP contribution in [0.25, 0.3) is 0 Å². The Morgan fingerprint density at radius 1 is 1.35 bits per heavy atom. The van der Waals surface area contributed by atoms with Crippen molar-refractivity contribution in [3.05, 3.63) is 0 Å². The summed E-state index contributed by atoms with van der Waals surface area (Å²) in [7, 11) is 1.64. The largest absolute Gasteiger partial charge is 0.481 e. The van der Waals surface area contributed by atoms with Crippen molar-refractivity contribution in [3.63, 3.8) is 0 Å². The van der Waals surface area contributed by atoms with Crippen LogP contribution in [-0.2, 0) is 14.3 Å². The Balaban J connectivity index is 3.64. The number of aliphatic carboxylic acids is 1. The number of carboxylic acids is 1. The van der Waals surface area contributed by atoms with E-state index in [0.29, 0.717) is 26.1 Å². The Labute approximate surface area is 121 Å². The van der Waals surface area contributed by atoms with Crippen LogP contribution in [0.2, 0.25) is 0 Å². The molecule has 0 spiro atoms. The summed E-state index contributed by atoms with van der Waals surface area (Å²) < 4.78 is 4.99. The Kier molecular flexibility index (Phi) is 11.0. The molecule has 0 unspecified atom stereocenters. The van der Waals surface area contributed by atoms with Gasteiger partial charge in [0.2, 0.25) is 5.91 Å². The van der Waals surface area contributed by atoms with Crippen molar-refractivity contribution in [2.45, 2.75) is 33.1 Å². The average molecular weight is 288 g/mol. The second kappa shape index (κ2) is 11.7. The van der Waals surface area contributed by atoms with Gasteiger partial charge < -0.3 is 15.2 Å². The second-order valence-corrected chi connectivity index (χ2v) is 4.95. The topological polar surface area (TPSA) is 78.9 Å². The van der Waals surface area contributed by atoms with E-state index < -0.39 is 5.97 Å². The van der Waals surface area contributed by atoms with Crippen LogP contribution in [-0.4, -0.2) is 61.8 Å². The van der Waals surface area contributed by atoms with Gasteiger partial charge in [0.25, 0.3) is 0 Å². The van der Waals surface area contributed by atoms with Gasteiger partial charge in [0, 0.05) is 20.2 Å². The van der Waals surface area contributed by atoms with Crippen molar-refractivity contribution in [2.75, 3.05) is 39.9 Å². The van der Waals surface area contributed by atoms with Crippen LogP contribution in [0.4, 0.5) is 0 Å². The van der Waals surface area contributed by atoms with Crippen LogP contribution in [0.3, 0.4) is 0 Å². The molecule has 6 nitrogen and oxygen atoms in total. The Morgan fingerprint density at radius 2 is 2.05 bits per heavy atom. The van der Waals surface area contributed by atoms with Crippen molar-refractivity contribution in [1.29, 1.82) is 0 Å². The van der Waals surface area contributed by atoms with Gasteiger partial charge in [0.05, 0.1) is 19.1 Å². The normalized spacial score (nSPS) is 12.4. The third-order valence-electron chi connectivity index (χ3n) is 3.23. The summed E-state index contributed by atoms with van der Waals surface area (Å²) in [5.41, 5.74) is 0. The van der Waals surface area contributed by atoms with Gasteiger partial charge in [-0.15, -0.1) is 0 Å². The summed E-state index contributed by atoms with van der Waals surface area (Å²) in [5, 5.41) is 11.6. The lowest BCUT2D eigenvalue weighted by Gasteiger charge is -2.19. The molecule has 0 aromatic heterocycles. The first-order valence-electron chi connectivity index (χ1n) is 7.22. The molecule has 0 aliphatic rings. The highest BCUT2D eigenvalue weighted by Crippen LogP contribution is 2.06. The zero-order valence-corrected chi connectivity index (χ0v) is 12.9. The summed E-state index contributed by atoms with van der Waals surface area (Å²) in [6, 6.07) is 0. The molecule has 118 valence electrons. The van der Waals surface area contributed by atoms with Gasteiger partial charge in [0.15, 0.2) is 0 Å². The minimum atomic E-state index is -0.759. The fraction of sp³-hybridized carbons (Fsp3) is 0.857. The van der Waals surface area contributed by atoms with E-state index >= 15 is 0 Å². The number of amides is 1. The third kappa shape index (κ3) is 9.75. The van der Waals surface area contributed by atoms with Crippen LogP contribution in [0.15, 0.2) is 0 Å². The zero-order chi connectivity index (χ0) is 15.4. The lowest BCUT2D eigenvalue weighted by Crippen LogP contribution is -2.39. The zero-order valence-electron chi connectivity index (χ0n) is 12.9. The fourth-order valence-corrected chi connectivity index (χ4v) is 1.76. The first-order chi connectivity index (χ1) is 9.51. The average Bonchev–Trinajstić information content (AvgIpc) is 2.42. The second-order valence-electron chi connectivity index (χ2n) is 4.95. The molecule has 0 saturated carbocycles. The van der Waals surface area contributed by atoms with Gasteiger partial charge in [-0.05, 0) is 19.4 Å². The minimum absolute atomic E-state index is 0.00855. The maximum Gasteiger partial charge on any atom is 0.306 e. The smallest absolute Gasteiger partial charge is 0.306 e. The molecule has 2 N–H and O–H groups in total. The molecule has 1 atom stereocenters. The molecule has 6 heteroatoms. The molecule has 0 bridgehead atoms. The van der Waals surface area contributed by atoms with Crippen LogP contribution < -0.4 is 5.32 Å². The molecule has 0 radical (unpaired) electrons. The Bertz CT molecular complexity index is 284. The maximum absolute atomic E-state index is 11.7. The first-order valence-corrected chi connectivity index (χ1v) is 7.22. The number of rotatable bonds is 12. The van der Waals surface area contributed by atoms with Crippen LogP contribution in [0.5, 0.6) is 0 Å². The molecular weight excluding hydrogens is 260 g/mol. The summed E-state index contributed by atoms with van der Waals surface area (Å²) >= 11 is 0. The number of hydrogen-bond acceptors (Lipinski definition) is 4. The molecule has 0 rings (SSSR count). The van der Waals surface area contributed by atoms with Gasteiger partial charge >= 0.3 is 5.97 Å². The summed E-state index contributed by atoms with van der Waals surface area (Å²) in [5.74, 6) is -1.06. The van der Waals surface area contributed by atoms with Gasteiger partial charge in [-0.1, -0.05) is 20.3 Å². The van der Waals surface area contributed by atoms with Crippen molar-refractivity contribution < 1.29 is 19.4 Å². The number of ether oxygens (including phenoxy) is 1. The number of carbonyl (C=O) groups is 2. The molecule has 0 fully saturated rings. The predicted molar refractivity (Wildman–Crippen MR) is 77.7 cm³/mol. The quantitative estimate of drug-likeness (QED) is 0.523. The molecule has 20 heavy (non-hydrogen) atoms. The Morgan fingerprint density at radius 3 is 2.60 bits per heavy atom. The SMILES string of the molecule is CCN(CCOC)CC(=O)NCCCC[C@H](C)C(=O)O. The standard InChI is InChI=1S/C14H28N2O4/c1-4-16(9-10-20-3)11-13(17)15-8-6-5-7-12(2)14(18)19/h12H,4-11H2,1-3H3,(H,15,17)(H,18,19)/t12-/m0/s1. The van der Waals surface area contributed by atoms with E-state index in [9.17, 15) is 9.59 Å². The summed E-state index contributed by atoms with van der Waals surface area (Å²) in [6.45, 7) is 6.88. The highest BCUT2D eigenvalue weighted by Gasteiger charge is 2.10. The van der Waals surface area contributed by atoms with Crippen molar-refractivity contribution >= 4 is 11.9 Å². The number of carbonyl (C=O) groups excluding carboxylic acids is 1.